The zero-order valence-electron chi connectivity index (χ0n) is 21.5. The van der Waals surface area contributed by atoms with Crippen LogP contribution in [0.15, 0.2) is 24.3 Å². The highest BCUT2D eigenvalue weighted by Gasteiger charge is 2.24. The fourth-order valence-corrected chi connectivity index (χ4v) is 6.53. The Kier molecular flexibility index (Phi) is 12.0. The molecular weight excluding hydrogens is 388 g/mol. The summed E-state index contributed by atoms with van der Waals surface area (Å²) in [5, 5.41) is 0. The standard InChI is InChI=1S/C31H52O/c1-3-5-7-8-12-26-17-19-29(20-18-26)30-21-23-31(24-22-30)32-25-11-16-28-15-10-9-14-27(28)13-6-4-2/h21-24,26-29H,3-20,25H2,1-2H3. The third kappa shape index (κ3) is 8.75. The normalized spacial score (nSPS) is 26.2. The quantitative estimate of drug-likeness (QED) is 0.261. The van der Waals surface area contributed by atoms with Crippen LogP contribution in [-0.4, -0.2) is 6.61 Å². The first kappa shape index (κ1) is 25.6. The Labute approximate surface area is 200 Å². The van der Waals surface area contributed by atoms with Crippen LogP contribution in [0.25, 0.3) is 0 Å². The lowest BCUT2D eigenvalue weighted by atomic mass is 9.75. The molecule has 2 aliphatic carbocycles. The Morgan fingerprint density at radius 1 is 0.656 bits per heavy atom. The first-order valence-electron chi connectivity index (χ1n) is 14.5. The Balaban J connectivity index is 1.32. The Morgan fingerprint density at radius 2 is 1.31 bits per heavy atom. The Morgan fingerprint density at radius 3 is 1.97 bits per heavy atom. The SMILES string of the molecule is CCCCCCC1CCC(c2ccc(OCCCC3CCCCC3CCCC)cc2)CC1. The van der Waals surface area contributed by atoms with Gasteiger partial charge in [0.25, 0.3) is 0 Å². The molecule has 0 N–H and O–H groups in total. The van der Waals surface area contributed by atoms with E-state index in [2.05, 4.69) is 38.1 Å². The second-order valence-corrected chi connectivity index (χ2v) is 11.1. The summed E-state index contributed by atoms with van der Waals surface area (Å²) in [6.07, 6.45) is 25.5. The number of rotatable bonds is 14. The maximum absolute atomic E-state index is 6.14. The molecule has 182 valence electrons. The number of hydrogen-bond donors (Lipinski definition) is 0. The lowest BCUT2D eigenvalue weighted by molar-refractivity contribution is 0.191. The molecule has 0 radical (unpaired) electrons. The highest BCUT2D eigenvalue weighted by atomic mass is 16.5. The predicted octanol–water partition coefficient (Wildman–Crippen LogP) is 10.1. The van der Waals surface area contributed by atoms with Crippen molar-refractivity contribution in [2.45, 2.75) is 135 Å². The lowest BCUT2D eigenvalue weighted by Gasteiger charge is -2.31. The zero-order chi connectivity index (χ0) is 22.4. The average molecular weight is 441 g/mol. The van der Waals surface area contributed by atoms with Crippen molar-refractivity contribution in [3.63, 3.8) is 0 Å². The zero-order valence-corrected chi connectivity index (χ0v) is 21.5. The summed E-state index contributed by atoms with van der Waals surface area (Å²) < 4.78 is 6.14. The van der Waals surface area contributed by atoms with E-state index in [-0.39, 0.29) is 0 Å². The van der Waals surface area contributed by atoms with Crippen LogP contribution in [0.2, 0.25) is 0 Å². The van der Waals surface area contributed by atoms with E-state index in [4.69, 9.17) is 4.74 Å². The topological polar surface area (TPSA) is 9.23 Å². The molecule has 1 heteroatoms. The summed E-state index contributed by atoms with van der Waals surface area (Å²) in [5.74, 6) is 4.81. The van der Waals surface area contributed by atoms with Gasteiger partial charge in [-0.3, -0.25) is 0 Å². The van der Waals surface area contributed by atoms with Gasteiger partial charge in [-0.25, -0.2) is 0 Å². The minimum atomic E-state index is 0.780. The van der Waals surface area contributed by atoms with Crippen LogP contribution in [0, 0.1) is 17.8 Å². The molecule has 3 rings (SSSR count). The van der Waals surface area contributed by atoms with Gasteiger partial charge in [-0.15, -0.1) is 0 Å². The molecule has 0 saturated heterocycles. The molecule has 2 saturated carbocycles. The van der Waals surface area contributed by atoms with E-state index >= 15 is 0 Å². The lowest BCUT2D eigenvalue weighted by Crippen LogP contribution is -2.20. The van der Waals surface area contributed by atoms with Gasteiger partial charge in [0, 0.05) is 0 Å². The molecule has 1 aromatic carbocycles. The molecule has 2 unspecified atom stereocenters. The molecule has 0 aliphatic heterocycles. The molecule has 1 aromatic rings. The van der Waals surface area contributed by atoms with Crippen LogP contribution in [0.5, 0.6) is 5.75 Å². The second-order valence-electron chi connectivity index (χ2n) is 11.1. The highest BCUT2D eigenvalue weighted by molar-refractivity contribution is 5.29. The van der Waals surface area contributed by atoms with E-state index in [1.807, 2.05) is 0 Å². The van der Waals surface area contributed by atoms with Crippen molar-refractivity contribution in [3.05, 3.63) is 29.8 Å². The summed E-state index contributed by atoms with van der Waals surface area (Å²) in [6.45, 7) is 5.53. The van der Waals surface area contributed by atoms with Gasteiger partial charge in [0.15, 0.2) is 0 Å². The van der Waals surface area contributed by atoms with E-state index in [9.17, 15) is 0 Å². The maximum Gasteiger partial charge on any atom is 0.119 e. The van der Waals surface area contributed by atoms with Crippen molar-refractivity contribution >= 4 is 0 Å². The molecular formula is C31H52O. The summed E-state index contributed by atoms with van der Waals surface area (Å²) in [6, 6.07) is 9.17. The summed E-state index contributed by atoms with van der Waals surface area (Å²) in [4.78, 5) is 0. The van der Waals surface area contributed by atoms with Crippen molar-refractivity contribution in [1.29, 1.82) is 0 Å². The van der Waals surface area contributed by atoms with Crippen molar-refractivity contribution in [2.75, 3.05) is 6.61 Å². The molecule has 2 atom stereocenters. The Bertz CT molecular complexity index is 583. The van der Waals surface area contributed by atoms with Crippen molar-refractivity contribution in [3.8, 4) is 5.75 Å². The van der Waals surface area contributed by atoms with Gasteiger partial charge in [0.1, 0.15) is 5.75 Å². The third-order valence-corrected chi connectivity index (χ3v) is 8.65. The van der Waals surface area contributed by atoms with Crippen LogP contribution in [0.4, 0.5) is 0 Å². The van der Waals surface area contributed by atoms with Crippen LogP contribution in [0.1, 0.15) is 141 Å². The van der Waals surface area contributed by atoms with Gasteiger partial charge in [0.05, 0.1) is 6.61 Å². The van der Waals surface area contributed by atoms with Crippen molar-refractivity contribution in [1.82, 2.24) is 0 Å². The molecule has 0 amide bonds. The minimum absolute atomic E-state index is 0.780. The molecule has 0 aromatic heterocycles. The van der Waals surface area contributed by atoms with E-state index in [0.717, 1.165) is 36.0 Å². The summed E-state index contributed by atoms with van der Waals surface area (Å²) in [5.41, 5.74) is 1.54. The predicted molar refractivity (Wildman–Crippen MR) is 140 cm³/mol. The van der Waals surface area contributed by atoms with Gasteiger partial charge in [-0.2, -0.15) is 0 Å². The van der Waals surface area contributed by atoms with Gasteiger partial charge in [-0.05, 0) is 79.9 Å². The van der Waals surface area contributed by atoms with Gasteiger partial charge in [-0.1, -0.05) is 103 Å². The minimum Gasteiger partial charge on any atom is -0.494 e. The number of hydrogen-bond acceptors (Lipinski definition) is 1. The fraction of sp³-hybridized carbons (Fsp3) is 0.806. The highest BCUT2D eigenvalue weighted by Crippen LogP contribution is 2.38. The summed E-state index contributed by atoms with van der Waals surface area (Å²) in [7, 11) is 0. The number of unbranched alkanes of at least 4 members (excludes halogenated alkanes) is 4. The first-order valence-corrected chi connectivity index (χ1v) is 14.5. The van der Waals surface area contributed by atoms with E-state index < -0.39 is 0 Å². The number of benzene rings is 1. The van der Waals surface area contributed by atoms with Crippen LogP contribution >= 0.6 is 0 Å². The fourth-order valence-electron chi connectivity index (χ4n) is 6.53. The molecule has 0 heterocycles. The molecule has 2 fully saturated rings. The molecule has 0 bridgehead atoms. The molecule has 0 spiro atoms. The first-order chi connectivity index (χ1) is 15.8. The largest absolute Gasteiger partial charge is 0.494 e. The van der Waals surface area contributed by atoms with Crippen LogP contribution < -0.4 is 4.74 Å². The van der Waals surface area contributed by atoms with Gasteiger partial charge < -0.3 is 4.74 Å². The molecule has 2 aliphatic rings. The smallest absolute Gasteiger partial charge is 0.119 e. The molecule has 1 nitrogen and oxygen atoms in total. The van der Waals surface area contributed by atoms with E-state index in [1.165, 1.54) is 116 Å². The monoisotopic (exact) mass is 440 g/mol. The van der Waals surface area contributed by atoms with Crippen molar-refractivity contribution < 1.29 is 4.74 Å². The molecule has 32 heavy (non-hydrogen) atoms. The van der Waals surface area contributed by atoms with Crippen LogP contribution in [0.3, 0.4) is 0 Å². The van der Waals surface area contributed by atoms with Crippen molar-refractivity contribution in [2.24, 2.45) is 17.8 Å². The maximum atomic E-state index is 6.14. The number of ether oxygens (including phenoxy) is 1. The average Bonchev–Trinajstić information content (AvgIpc) is 2.84. The van der Waals surface area contributed by atoms with E-state index in [0.29, 0.717) is 0 Å². The van der Waals surface area contributed by atoms with Crippen LogP contribution in [-0.2, 0) is 0 Å². The second kappa shape index (κ2) is 15.0. The van der Waals surface area contributed by atoms with Gasteiger partial charge in [0.2, 0.25) is 0 Å². The van der Waals surface area contributed by atoms with Gasteiger partial charge >= 0.3 is 0 Å². The summed E-state index contributed by atoms with van der Waals surface area (Å²) >= 11 is 0. The third-order valence-electron chi connectivity index (χ3n) is 8.65. The van der Waals surface area contributed by atoms with E-state index in [1.54, 1.807) is 5.56 Å². The Hall–Kier alpha value is -0.980.